The maximum atomic E-state index is 2.41. The monoisotopic (exact) mass is 653 g/mol. The summed E-state index contributed by atoms with van der Waals surface area (Å²) in [4.78, 5) is 0. The molecule has 1 heteroatoms. The molecule has 0 saturated heterocycles. The molecule has 0 saturated carbocycles. The molecule has 1 nitrogen and oxygen atoms in total. The van der Waals surface area contributed by atoms with Crippen molar-refractivity contribution in [3.63, 3.8) is 0 Å². The number of aromatic nitrogens is 1. The van der Waals surface area contributed by atoms with Crippen molar-refractivity contribution in [2.75, 3.05) is 0 Å². The van der Waals surface area contributed by atoms with E-state index in [1.165, 1.54) is 95.1 Å². The van der Waals surface area contributed by atoms with Crippen LogP contribution in [0.3, 0.4) is 0 Å². The van der Waals surface area contributed by atoms with Crippen molar-refractivity contribution in [1.29, 1.82) is 0 Å². The molecule has 244 valence electrons. The number of benzene rings is 7. The zero-order chi connectivity index (χ0) is 34.1. The first kappa shape index (κ1) is 30.8. The Balaban J connectivity index is 1.11. The third-order valence-corrected chi connectivity index (χ3v) is 10.5. The quantitative estimate of drug-likeness (QED) is 0.168. The van der Waals surface area contributed by atoms with Gasteiger partial charge in [-0.15, -0.1) is 0 Å². The predicted molar refractivity (Wildman–Crippen MR) is 218 cm³/mol. The first-order chi connectivity index (χ1) is 25.2. The highest BCUT2D eigenvalue weighted by Gasteiger charge is 2.15. The Morgan fingerprint density at radius 3 is 1.96 bits per heavy atom. The molecule has 0 N–H and O–H groups in total. The first-order valence-corrected chi connectivity index (χ1v) is 18.1. The molecule has 0 spiro atoms. The van der Waals surface area contributed by atoms with Gasteiger partial charge in [-0.2, -0.15) is 0 Å². The van der Waals surface area contributed by atoms with Crippen LogP contribution in [-0.2, 0) is 0 Å². The van der Waals surface area contributed by atoms with Crippen LogP contribution in [0.1, 0.15) is 30.4 Å². The lowest BCUT2D eigenvalue weighted by atomic mass is 9.89. The smallest absolute Gasteiger partial charge is 0.0541 e. The maximum absolute atomic E-state index is 2.41. The molecular formula is C50H39N. The fourth-order valence-corrected chi connectivity index (χ4v) is 7.84. The molecule has 1 aromatic heterocycles. The lowest BCUT2D eigenvalue weighted by molar-refractivity contribution is 0.886. The van der Waals surface area contributed by atoms with Gasteiger partial charge in [-0.05, 0) is 130 Å². The summed E-state index contributed by atoms with van der Waals surface area (Å²) in [5, 5.41) is 2.54. The molecule has 7 aromatic carbocycles. The van der Waals surface area contributed by atoms with Crippen molar-refractivity contribution < 1.29 is 0 Å². The molecule has 0 amide bonds. The summed E-state index contributed by atoms with van der Waals surface area (Å²) in [6.45, 7) is 2.19. The van der Waals surface area contributed by atoms with E-state index in [2.05, 4.69) is 194 Å². The molecule has 0 fully saturated rings. The highest BCUT2D eigenvalue weighted by Crippen LogP contribution is 2.39. The predicted octanol–water partition coefficient (Wildman–Crippen LogP) is 13.9. The van der Waals surface area contributed by atoms with E-state index in [4.69, 9.17) is 0 Å². The summed E-state index contributed by atoms with van der Waals surface area (Å²) in [5.74, 6) is 0. The highest BCUT2D eigenvalue weighted by atomic mass is 15.0. The zero-order valence-corrected chi connectivity index (χ0v) is 28.9. The van der Waals surface area contributed by atoms with Crippen LogP contribution in [0, 0.1) is 6.92 Å². The van der Waals surface area contributed by atoms with E-state index in [1.54, 1.807) is 0 Å². The first-order valence-electron chi connectivity index (χ1n) is 18.1. The van der Waals surface area contributed by atoms with E-state index >= 15 is 0 Å². The van der Waals surface area contributed by atoms with E-state index in [0.717, 1.165) is 12.8 Å². The van der Waals surface area contributed by atoms with Gasteiger partial charge in [-0.3, -0.25) is 0 Å². The Morgan fingerprint density at radius 2 is 1.12 bits per heavy atom. The summed E-state index contributed by atoms with van der Waals surface area (Å²) in [6, 6.07) is 60.3. The second kappa shape index (κ2) is 13.3. The minimum Gasteiger partial charge on any atom is -0.309 e. The number of hydrogen-bond acceptors (Lipinski definition) is 0. The van der Waals surface area contributed by atoms with E-state index in [1.807, 2.05) is 0 Å². The summed E-state index contributed by atoms with van der Waals surface area (Å²) in [6.07, 6.45) is 10.2. The van der Waals surface area contributed by atoms with Crippen molar-refractivity contribution in [2.45, 2.75) is 26.2 Å². The molecule has 0 bridgehead atoms. The third-order valence-electron chi connectivity index (χ3n) is 10.5. The fraction of sp³-hybridized carbons (Fsp3) is 0.0800. The molecule has 0 radical (unpaired) electrons. The van der Waals surface area contributed by atoms with Crippen LogP contribution < -0.4 is 0 Å². The molecule has 9 rings (SSSR count). The van der Waals surface area contributed by atoms with Gasteiger partial charge in [0.25, 0.3) is 0 Å². The van der Waals surface area contributed by atoms with Crippen LogP contribution in [0.4, 0.5) is 0 Å². The molecule has 0 aliphatic heterocycles. The Labute approximate surface area is 300 Å². The van der Waals surface area contributed by atoms with E-state index in [9.17, 15) is 0 Å². The Morgan fingerprint density at radius 1 is 0.451 bits per heavy atom. The summed E-state index contributed by atoms with van der Waals surface area (Å²) >= 11 is 0. The van der Waals surface area contributed by atoms with Crippen LogP contribution in [0.25, 0.3) is 77.6 Å². The molecule has 1 heterocycles. The number of aryl methyl sites for hydroxylation is 1. The topological polar surface area (TPSA) is 4.93 Å². The molecule has 1 aliphatic rings. The van der Waals surface area contributed by atoms with E-state index < -0.39 is 0 Å². The second-order valence-corrected chi connectivity index (χ2v) is 13.7. The van der Waals surface area contributed by atoms with Gasteiger partial charge in [0.1, 0.15) is 0 Å². The Kier molecular flexibility index (Phi) is 8.02. The van der Waals surface area contributed by atoms with Crippen molar-refractivity contribution in [3.8, 4) is 50.2 Å². The summed E-state index contributed by atoms with van der Waals surface area (Å²) < 4.78 is 2.41. The number of fused-ring (bicyclic) bond motifs is 3. The molecule has 51 heavy (non-hydrogen) atoms. The van der Waals surface area contributed by atoms with E-state index in [0.29, 0.717) is 0 Å². The standard InChI is InChI=1S/C50H39N/c1-35-14-9-10-21-44(35)45-30-26-41(33-47(45)38-17-7-4-8-18-38)39-19-13-20-40(32-39)42-27-31-50-48(34-42)46-22-11-12-23-49(46)51(50)43-28-24-37(25-29-43)36-15-5-2-3-6-16-36/h2,4-5,7-15,17-34H,3,6,16H2,1H3. The van der Waals surface area contributed by atoms with Gasteiger partial charge < -0.3 is 4.57 Å². The maximum Gasteiger partial charge on any atom is 0.0541 e. The zero-order valence-electron chi connectivity index (χ0n) is 28.9. The van der Waals surface area contributed by atoms with Crippen LogP contribution >= 0.6 is 0 Å². The largest absolute Gasteiger partial charge is 0.309 e. The van der Waals surface area contributed by atoms with E-state index in [-0.39, 0.29) is 0 Å². The SMILES string of the molecule is Cc1ccccc1-c1ccc(-c2cccc(-c3ccc4c(c3)c3ccccc3n4-c3ccc(C4=CC=CCCC4)cc3)c2)cc1-c1ccccc1. The summed E-state index contributed by atoms with van der Waals surface area (Å²) in [5.41, 5.74) is 17.5. The van der Waals surface area contributed by atoms with Crippen molar-refractivity contribution in [2.24, 2.45) is 0 Å². The minimum absolute atomic E-state index is 1.12. The van der Waals surface area contributed by atoms with Gasteiger partial charge in [0, 0.05) is 16.5 Å². The van der Waals surface area contributed by atoms with Gasteiger partial charge in [0.05, 0.1) is 11.0 Å². The number of para-hydroxylation sites is 1. The fourth-order valence-electron chi connectivity index (χ4n) is 7.84. The molecular weight excluding hydrogens is 615 g/mol. The van der Waals surface area contributed by atoms with Crippen molar-refractivity contribution >= 4 is 27.4 Å². The molecule has 8 aromatic rings. The lowest BCUT2D eigenvalue weighted by Gasteiger charge is -2.15. The van der Waals surface area contributed by atoms with Crippen LogP contribution in [0.5, 0.6) is 0 Å². The highest BCUT2D eigenvalue weighted by molar-refractivity contribution is 6.10. The molecule has 0 atom stereocenters. The van der Waals surface area contributed by atoms with Gasteiger partial charge >= 0.3 is 0 Å². The third kappa shape index (κ3) is 5.81. The number of allylic oxidation sites excluding steroid dienone is 4. The molecule has 1 aliphatic carbocycles. The number of hydrogen-bond donors (Lipinski definition) is 0. The number of nitrogens with zero attached hydrogens (tertiary/aromatic N) is 1. The van der Waals surface area contributed by atoms with Crippen LogP contribution in [0.2, 0.25) is 0 Å². The van der Waals surface area contributed by atoms with Gasteiger partial charge in [0.15, 0.2) is 0 Å². The van der Waals surface area contributed by atoms with Gasteiger partial charge in [0.2, 0.25) is 0 Å². The van der Waals surface area contributed by atoms with Gasteiger partial charge in [-0.1, -0.05) is 140 Å². The van der Waals surface area contributed by atoms with Gasteiger partial charge in [-0.25, -0.2) is 0 Å². The summed E-state index contributed by atoms with van der Waals surface area (Å²) in [7, 11) is 0. The normalized spacial score (nSPS) is 13.0. The second-order valence-electron chi connectivity index (χ2n) is 13.7. The Bertz CT molecular complexity index is 2600. The van der Waals surface area contributed by atoms with Crippen molar-refractivity contribution in [3.05, 3.63) is 193 Å². The Hall–Kier alpha value is -6.18. The lowest BCUT2D eigenvalue weighted by Crippen LogP contribution is -1.94. The average Bonchev–Trinajstić information content (AvgIpc) is 3.30. The van der Waals surface area contributed by atoms with Crippen LogP contribution in [-0.4, -0.2) is 4.57 Å². The van der Waals surface area contributed by atoms with Crippen LogP contribution in [0.15, 0.2) is 182 Å². The van der Waals surface area contributed by atoms with Crippen molar-refractivity contribution in [1.82, 2.24) is 4.57 Å². The average molecular weight is 654 g/mol. The number of rotatable bonds is 6. The molecule has 0 unspecified atom stereocenters. The minimum atomic E-state index is 1.12.